The maximum Gasteiger partial charge on any atom is 0.0687 e. The van der Waals surface area contributed by atoms with Gasteiger partial charge in [0.25, 0.3) is 0 Å². The monoisotopic (exact) mass is 242 g/mol. The molecule has 3 rings (SSSR count). The Kier molecular flexibility index (Phi) is 2.96. The summed E-state index contributed by atoms with van der Waals surface area (Å²) in [5.41, 5.74) is 0.762. The predicted octanol–water partition coefficient (Wildman–Crippen LogP) is 4.28. The highest BCUT2D eigenvalue weighted by Crippen LogP contribution is 2.50. The average molecular weight is 243 g/mol. The van der Waals surface area contributed by atoms with Crippen LogP contribution in [-0.2, 0) is 4.74 Å². The van der Waals surface area contributed by atoms with Crippen molar-refractivity contribution < 1.29 is 4.74 Å². The Morgan fingerprint density at radius 1 is 1.00 bits per heavy atom. The van der Waals surface area contributed by atoms with Gasteiger partial charge in [-0.3, -0.25) is 0 Å². The highest BCUT2D eigenvalue weighted by molar-refractivity contribution is 6.18. The second-order valence-electron chi connectivity index (χ2n) is 6.36. The van der Waals surface area contributed by atoms with Crippen molar-refractivity contribution in [2.45, 2.75) is 75.9 Å². The number of halogens is 1. The second-order valence-corrected chi connectivity index (χ2v) is 6.63. The van der Waals surface area contributed by atoms with Gasteiger partial charge in [0.05, 0.1) is 11.7 Å². The van der Waals surface area contributed by atoms with E-state index in [9.17, 15) is 0 Å². The minimum Gasteiger partial charge on any atom is -0.372 e. The van der Waals surface area contributed by atoms with E-state index in [-0.39, 0.29) is 0 Å². The molecular formula is C14H23ClO. The van der Waals surface area contributed by atoms with Gasteiger partial charge in [-0.05, 0) is 50.4 Å². The van der Waals surface area contributed by atoms with Gasteiger partial charge in [0.15, 0.2) is 0 Å². The lowest BCUT2D eigenvalue weighted by Gasteiger charge is -2.42. The van der Waals surface area contributed by atoms with Gasteiger partial charge in [0.1, 0.15) is 0 Å². The summed E-state index contributed by atoms with van der Waals surface area (Å²) in [7, 11) is 0. The van der Waals surface area contributed by atoms with Crippen LogP contribution in [0.1, 0.15) is 64.2 Å². The molecule has 0 amide bonds. The molecule has 1 unspecified atom stereocenters. The smallest absolute Gasteiger partial charge is 0.0687 e. The molecule has 1 spiro atoms. The molecule has 0 bridgehead atoms. The third-order valence-electron chi connectivity index (χ3n) is 5.21. The minimum atomic E-state index is 0.307. The zero-order valence-electron chi connectivity index (χ0n) is 10.1. The molecule has 0 aromatic heterocycles. The van der Waals surface area contributed by atoms with Crippen molar-refractivity contribution in [2.24, 2.45) is 5.41 Å². The van der Waals surface area contributed by atoms with Gasteiger partial charge in [-0.1, -0.05) is 19.3 Å². The fourth-order valence-electron chi connectivity index (χ4n) is 3.98. The van der Waals surface area contributed by atoms with Gasteiger partial charge in [-0.15, -0.1) is 11.6 Å². The molecule has 1 nitrogen and oxygen atoms in total. The zero-order valence-corrected chi connectivity index (χ0v) is 10.9. The Bertz CT molecular complexity index is 248. The van der Waals surface area contributed by atoms with Crippen molar-refractivity contribution in [3.8, 4) is 0 Å². The number of hydrogen-bond donors (Lipinski definition) is 0. The summed E-state index contributed by atoms with van der Waals surface area (Å²) >= 11 is 6.13. The molecule has 16 heavy (non-hydrogen) atoms. The number of hydrogen-bond acceptors (Lipinski definition) is 1. The summed E-state index contributed by atoms with van der Waals surface area (Å²) in [6.07, 6.45) is 13.8. The van der Waals surface area contributed by atoms with E-state index < -0.39 is 0 Å². The average Bonchev–Trinajstić information content (AvgIpc) is 2.84. The molecule has 1 atom stereocenters. The quantitative estimate of drug-likeness (QED) is 0.672. The van der Waals surface area contributed by atoms with Crippen LogP contribution >= 0.6 is 11.6 Å². The summed E-state index contributed by atoms with van der Waals surface area (Å²) in [4.78, 5) is 0. The van der Waals surface area contributed by atoms with Gasteiger partial charge in [0.2, 0.25) is 0 Å². The van der Waals surface area contributed by atoms with Gasteiger partial charge in [-0.25, -0.2) is 0 Å². The Balaban J connectivity index is 1.57. The van der Waals surface area contributed by atoms with E-state index >= 15 is 0 Å². The van der Waals surface area contributed by atoms with Crippen LogP contribution in [0.3, 0.4) is 0 Å². The molecule has 0 aromatic rings. The van der Waals surface area contributed by atoms with E-state index in [1.807, 2.05) is 0 Å². The van der Waals surface area contributed by atoms with Crippen LogP contribution in [0, 0.1) is 5.41 Å². The fraction of sp³-hybridized carbons (Fsp3) is 1.00. The van der Waals surface area contributed by atoms with Crippen LogP contribution in [-0.4, -0.2) is 17.6 Å². The highest BCUT2D eigenvalue weighted by atomic mass is 35.5. The molecule has 1 saturated heterocycles. The Morgan fingerprint density at radius 3 is 2.31 bits per heavy atom. The van der Waals surface area contributed by atoms with Gasteiger partial charge in [-0.2, -0.15) is 0 Å². The van der Waals surface area contributed by atoms with Crippen LogP contribution < -0.4 is 0 Å². The van der Waals surface area contributed by atoms with Crippen LogP contribution in [0.2, 0.25) is 0 Å². The zero-order chi connectivity index (χ0) is 11.1. The summed E-state index contributed by atoms with van der Waals surface area (Å²) in [6, 6.07) is 0. The summed E-state index contributed by atoms with van der Waals surface area (Å²) in [6.45, 7) is 0. The molecule has 3 aliphatic rings. The third-order valence-corrected chi connectivity index (χ3v) is 5.78. The lowest BCUT2D eigenvalue weighted by Crippen LogP contribution is -2.36. The molecule has 2 heteroatoms. The molecule has 2 aliphatic carbocycles. The Labute approximate surface area is 104 Å². The summed E-state index contributed by atoms with van der Waals surface area (Å²) in [5.74, 6) is 0.847. The molecule has 2 saturated carbocycles. The van der Waals surface area contributed by atoms with Gasteiger partial charge in [0, 0.05) is 5.88 Å². The van der Waals surface area contributed by atoms with Gasteiger partial charge >= 0.3 is 0 Å². The predicted molar refractivity (Wildman–Crippen MR) is 66.9 cm³/mol. The first-order chi connectivity index (χ1) is 7.76. The Hall–Kier alpha value is 0.250. The molecule has 1 aliphatic heterocycles. The van der Waals surface area contributed by atoms with Crippen LogP contribution in [0.5, 0.6) is 0 Å². The van der Waals surface area contributed by atoms with E-state index in [4.69, 9.17) is 16.3 Å². The van der Waals surface area contributed by atoms with Crippen LogP contribution in [0.25, 0.3) is 0 Å². The summed E-state index contributed by atoms with van der Waals surface area (Å²) < 4.78 is 6.38. The van der Waals surface area contributed by atoms with Gasteiger partial charge < -0.3 is 4.74 Å². The standard InChI is InChI=1S/C14H23ClO/c15-11-13(5-3-6-13)10-12-4-9-14(16-12)7-1-2-8-14/h12H,1-11H2. The van der Waals surface area contributed by atoms with E-state index in [2.05, 4.69) is 0 Å². The topological polar surface area (TPSA) is 9.23 Å². The van der Waals surface area contributed by atoms with E-state index in [1.165, 1.54) is 64.2 Å². The SMILES string of the molecule is ClCC1(CC2CCC3(CCCC3)O2)CCC1. The Morgan fingerprint density at radius 2 is 1.75 bits per heavy atom. The normalized spacial score (nSPS) is 35.4. The fourth-order valence-corrected chi connectivity index (χ4v) is 4.35. The first-order valence-corrected chi connectivity index (χ1v) is 7.53. The van der Waals surface area contributed by atoms with Crippen molar-refractivity contribution in [2.75, 3.05) is 5.88 Å². The molecule has 1 heterocycles. The molecule has 92 valence electrons. The second kappa shape index (κ2) is 4.17. The maximum atomic E-state index is 6.38. The first-order valence-electron chi connectivity index (χ1n) is 7.00. The van der Waals surface area contributed by atoms with Crippen LogP contribution in [0.4, 0.5) is 0 Å². The van der Waals surface area contributed by atoms with Crippen molar-refractivity contribution >= 4 is 11.6 Å². The minimum absolute atomic E-state index is 0.307. The van der Waals surface area contributed by atoms with Crippen LogP contribution in [0.15, 0.2) is 0 Å². The molecular weight excluding hydrogens is 220 g/mol. The van der Waals surface area contributed by atoms with E-state index in [1.54, 1.807) is 0 Å². The first kappa shape index (κ1) is 11.3. The largest absolute Gasteiger partial charge is 0.372 e. The van der Waals surface area contributed by atoms with Crippen molar-refractivity contribution in [3.05, 3.63) is 0 Å². The summed E-state index contributed by atoms with van der Waals surface area (Å²) in [5, 5.41) is 0. The molecule has 0 N–H and O–H groups in total. The number of rotatable bonds is 3. The third kappa shape index (κ3) is 1.90. The van der Waals surface area contributed by atoms with Crippen molar-refractivity contribution in [1.29, 1.82) is 0 Å². The maximum absolute atomic E-state index is 6.38. The lowest BCUT2D eigenvalue weighted by atomic mass is 9.67. The lowest BCUT2D eigenvalue weighted by molar-refractivity contribution is -0.0603. The number of ether oxygens (including phenoxy) is 1. The van der Waals surface area contributed by atoms with E-state index in [0.717, 1.165) is 5.88 Å². The molecule has 0 radical (unpaired) electrons. The number of alkyl halides is 1. The molecule has 3 fully saturated rings. The highest BCUT2D eigenvalue weighted by Gasteiger charge is 2.46. The van der Waals surface area contributed by atoms with Crippen molar-refractivity contribution in [3.63, 3.8) is 0 Å². The van der Waals surface area contributed by atoms with Crippen molar-refractivity contribution in [1.82, 2.24) is 0 Å². The van der Waals surface area contributed by atoms with E-state index in [0.29, 0.717) is 17.1 Å². The molecule has 0 aromatic carbocycles.